The highest BCUT2D eigenvalue weighted by Crippen LogP contribution is 2.34. The van der Waals surface area contributed by atoms with Crippen molar-refractivity contribution in [1.29, 1.82) is 0 Å². The first-order valence-corrected chi connectivity index (χ1v) is 7.97. The summed E-state index contributed by atoms with van der Waals surface area (Å²) in [6, 6.07) is 10.2. The van der Waals surface area contributed by atoms with Crippen molar-refractivity contribution in [2.24, 2.45) is 5.92 Å². The third-order valence-electron chi connectivity index (χ3n) is 4.64. The van der Waals surface area contributed by atoms with Gasteiger partial charge in [-0.15, -0.1) is 0 Å². The summed E-state index contributed by atoms with van der Waals surface area (Å²) in [5.74, 6) is 0.665. The third-order valence-corrected chi connectivity index (χ3v) is 4.64. The van der Waals surface area contributed by atoms with Crippen LogP contribution in [0.1, 0.15) is 26.7 Å². The zero-order valence-electron chi connectivity index (χ0n) is 13.0. The number of anilines is 2. The van der Waals surface area contributed by atoms with E-state index in [-0.39, 0.29) is 0 Å². The minimum absolute atomic E-state index is 0.588. The number of rotatable bonds is 5. The Morgan fingerprint density at radius 1 is 1.15 bits per heavy atom. The standard InChI is InChI=1S/C17H27N3/c1-13(2)17(12-18-14-8-9-14)20-11-10-19(3)15-6-4-5-7-16(15)20/h4-7,13-14,17-18H,8-12H2,1-3H3. The summed E-state index contributed by atoms with van der Waals surface area (Å²) in [6.07, 6.45) is 2.73. The van der Waals surface area contributed by atoms with Crippen molar-refractivity contribution in [3.05, 3.63) is 24.3 Å². The average Bonchev–Trinajstić information content (AvgIpc) is 3.25. The lowest BCUT2D eigenvalue weighted by atomic mass is 9.99. The number of nitrogens with one attached hydrogen (secondary N) is 1. The van der Waals surface area contributed by atoms with Gasteiger partial charge >= 0.3 is 0 Å². The van der Waals surface area contributed by atoms with Crippen LogP contribution in [-0.2, 0) is 0 Å². The van der Waals surface area contributed by atoms with Gasteiger partial charge in [-0.05, 0) is 30.9 Å². The maximum absolute atomic E-state index is 3.72. The molecule has 1 heterocycles. The Balaban J connectivity index is 1.81. The fourth-order valence-electron chi connectivity index (χ4n) is 3.15. The van der Waals surface area contributed by atoms with Crippen LogP contribution >= 0.6 is 0 Å². The normalized spacial score (nSPS) is 20.2. The van der Waals surface area contributed by atoms with Crippen molar-refractivity contribution >= 4 is 11.4 Å². The van der Waals surface area contributed by atoms with E-state index in [4.69, 9.17) is 0 Å². The van der Waals surface area contributed by atoms with Crippen LogP contribution in [0.5, 0.6) is 0 Å². The Hall–Kier alpha value is -1.22. The van der Waals surface area contributed by atoms with Gasteiger partial charge in [0.15, 0.2) is 0 Å². The molecule has 1 aromatic carbocycles. The maximum Gasteiger partial charge on any atom is 0.0607 e. The molecule has 1 aliphatic heterocycles. The van der Waals surface area contributed by atoms with Crippen molar-refractivity contribution in [2.75, 3.05) is 36.5 Å². The molecule has 110 valence electrons. The van der Waals surface area contributed by atoms with E-state index in [2.05, 4.69) is 60.3 Å². The molecule has 1 aromatic rings. The van der Waals surface area contributed by atoms with Crippen LogP contribution in [-0.4, -0.2) is 38.8 Å². The van der Waals surface area contributed by atoms with Crippen LogP contribution in [0.25, 0.3) is 0 Å². The van der Waals surface area contributed by atoms with E-state index in [1.165, 1.54) is 24.2 Å². The topological polar surface area (TPSA) is 18.5 Å². The molecule has 0 saturated heterocycles. The minimum atomic E-state index is 0.588. The highest BCUT2D eigenvalue weighted by atomic mass is 15.3. The zero-order chi connectivity index (χ0) is 14.1. The quantitative estimate of drug-likeness (QED) is 0.890. The molecule has 1 saturated carbocycles. The number of likely N-dealkylation sites (N-methyl/N-ethyl adjacent to an activating group) is 1. The van der Waals surface area contributed by atoms with Crippen LogP contribution < -0.4 is 15.1 Å². The van der Waals surface area contributed by atoms with E-state index in [0.29, 0.717) is 12.0 Å². The Morgan fingerprint density at radius 2 is 1.85 bits per heavy atom. The van der Waals surface area contributed by atoms with Crippen LogP contribution in [0.15, 0.2) is 24.3 Å². The van der Waals surface area contributed by atoms with Crippen molar-refractivity contribution in [3.63, 3.8) is 0 Å². The van der Waals surface area contributed by atoms with Crippen LogP contribution in [0, 0.1) is 5.92 Å². The molecule has 3 rings (SSSR count). The number of benzene rings is 1. The number of hydrogen-bond acceptors (Lipinski definition) is 3. The van der Waals surface area contributed by atoms with E-state index < -0.39 is 0 Å². The van der Waals surface area contributed by atoms with Gasteiger partial charge in [0.05, 0.1) is 11.4 Å². The van der Waals surface area contributed by atoms with Crippen LogP contribution in [0.4, 0.5) is 11.4 Å². The molecule has 1 unspecified atom stereocenters. The molecule has 1 atom stereocenters. The van der Waals surface area contributed by atoms with Gasteiger partial charge in [-0.1, -0.05) is 26.0 Å². The van der Waals surface area contributed by atoms with Crippen molar-refractivity contribution in [3.8, 4) is 0 Å². The fourth-order valence-corrected chi connectivity index (χ4v) is 3.15. The van der Waals surface area contributed by atoms with Crippen molar-refractivity contribution in [2.45, 2.75) is 38.8 Å². The van der Waals surface area contributed by atoms with Gasteiger partial charge in [-0.2, -0.15) is 0 Å². The average molecular weight is 273 g/mol. The first-order chi connectivity index (χ1) is 9.66. The van der Waals surface area contributed by atoms with E-state index in [1.807, 2.05) is 0 Å². The Kier molecular flexibility index (Phi) is 3.88. The van der Waals surface area contributed by atoms with E-state index in [0.717, 1.165) is 25.7 Å². The second kappa shape index (κ2) is 5.65. The summed E-state index contributed by atoms with van der Waals surface area (Å²) in [7, 11) is 2.20. The molecule has 1 aliphatic carbocycles. The van der Waals surface area contributed by atoms with Gasteiger partial charge in [0.2, 0.25) is 0 Å². The molecule has 3 heteroatoms. The number of hydrogen-bond donors (Lipinski definition) is 1. The fraction of sp³-hybridized carbons (Fsp3) is 0.647. The van der Waals surface area contributed by atoms with Gasteiger partial charge < -0.3 is 15.1 Å². The van der Waals surface area contributed by atoms with Crippen LogP contribution in [0.3, 0.4) is 0 Å². The molecular weight excluding hydrogens is 246 g/mol. The Bertz CT molecular complexity index is 453. The summed E-state index contributed by atoms with van der Waals surface area (Å²) in [5, 5.41) is 3.72. The van der Waals surface area contributed by atoms with Gasteiger partial charge in [-0.3, -0.25) is 0 Å². The van der Waals surface area contributed by atoms with Crippen molar-refractivity contribution < 1.29 is 0 Å². The summed E-state index contributed by atoms with van der Waals surface area (Å²) in [4.78, 5) is 4.99. The lowest BCUT2D eigenvalue weighted by Crippen LogP contribution is -2.51. The first kappa shape index (κ1) is 13.7. The zero-order valence-corrected chi connectivity index (χ0v) is 13.0. The molecule has 0 bridgehead atoms. The molecule has 0 aromatic heterocycles. The van der Waals surface area contributed by atoms with Gasteiger partial charge in [0, 0.05) is 38.8 Å². The van der Waals surface area contributed by atoms with Crippen LogP contribution in [0.2, 0.25) is 0 Å². The summed E-state index contributed by atoms with van der Waals surface area (Å²) in [5.41, 5.74) is 2.77. The molecule has 1 fully saturated rings. The predicted octanol–water partition coefficient (Wildman–Crippen LogP) is 2.72. The first-order valence-electron chi connectivity index (χ1n) is 7.97. The minimum Gasteiger partial charge on any atom is -0.371 e. The maximum atomic E-state index is 3.72. The number of nitrogens with zero attached hydrogens (tertiary/aromatic N) is 2. The predicted molar refractivity (Wildman–Crippen MR) is 86.7 cm³/mol. The summed E-state index contributed by atoms with van der Waals surface area (Å²) in [6.45, 7) is 8.05. The monoisotopic (exact) mass is 273 g/mol. The smallest absolute Gasteiger partial charge is 0.0607 e. The molecule has 0 spiro atoms. The second-order valence-corrected chi connectivity index (χ2v) is 6.60. The molecule has 20 heavy (non-hydrogen) atoms. The van der Waals surface area contributed by atoms with Crippen molar-refractivity contribution in [1.82, 2.24) is 5.32 Å². The largest absolute Gasteiger partial charge is 0.371 e. The van der Waals surface area contributed by atoms with E-state index >= 15 is 0 Å². The number of fused-ring (bicyclic) bond motifs is 1. The van der Waals surface area contributed by atoms with Gasteiger partial charge in [0.25, 0.3) is 0 Å². The molecule has 1 N–H and O–H groups in total. The highest BCUT2D eigenvalue weighted by molar-refractivity contribution is 5.73. The molecular formula is C17H27N3. The molecule has 0 amide bonds. The molecule has 0 radical (unpaired) electrons. The Labute approximate surface area is 123 Å². The SMILES string of the molecule is CC(C)C(CNC1CC1)N1CCN(C)c2ccccc21. The second-order valence-electron chi connectivity index (χ2n) is 6.60. The van der Waals surface area contributed by atoms with Gasteiger partial charge in [-0.25, -0.2) is 0 Å². The van der Waals surface area contributed by atoms with E-state index in [9.17, 15) is 0 Å². The Morgan fingerprint density at radius 3 is 2.50 bits per heavy atom. The molecule has 2 aliphatic rings. The third kappa shape index (κ3) is 2.78. The summed E-state index contributed by atoms with van der Waals surface area (Å²) >= 11 is 0. The van der Waals surface area contributed by atoms with Gasteiger partial charge in [0.1, 0.15) is 0 Å². The lowest BCUT2D eigenvalue weighted by Gasteiger charge is -2.43. The highest BCUT2D eigenvalue weighted by Gasteiger charge is 2.30. The van der Waals surface area contributed by atoms with E-state index in [1.54, 1.807) is 0 Å². The number of para-hydroxylation sites is 2. The summed E-state index contributed by atoms with van der Waals surface area (Å²) < 4.78 is 0. The molecule has 3 nitrogen and oxygen atoms in total. The lowest BCUT2D eigenvalue weighted by molar-refractivity contribution is 0.422.